The Balaban J connectivity index is 1.83. The van der Waals surface area contributed by atoms with E-state index in [1.165, 1.54) is 6.07 Å². The van der Waals surface area contributed by atoms with Crippen molar-refractivity contribution in [2.75, 3.05) is 31.3 Å². The molecule has 1 aromatic rings. The van der Waals surface area contributed by atoms with Crippen LogP contribution in [0.15, 0.2) is 18.2 Å². The highest BCUT2D eigenvalue weighted by Gasteiger charge is 2.23. The molecular weight excluding hydrogens is 367 g/mol. The van der Waals surface area contributed by atoms with Gasteiger partial charge in [0, 0.05) is 6.61 Å². The highest BCUT2D eigenvalue weighted by molar-refractivity contribution is 7.91. The summed E-state index contributed by atoms with van der Waals surface area (Å²) < 4.78 is 49.8. The minimum atomic E-state index is -3.20. The van der Waals surface area contributed by atoms with E-state index in [0.717, 1.165) is 18.4 Å². The number of sulfone groups is 1. The van der Waals surface area contributed by atoms with Crippen LogP contribution in [0.2, 0.25) is 0 Å². The second-order valence-corrected chi connectivity index (χ2v) is 11.2. The molecule has 0 aliphatic heterocycles. The number of hydrogen-bond acceptors (Lipinski definition) is 4. The summed E-state index contributed by atoms with van der Waals surface area (Å²) in [5.74, 6) is 0.290. The van der Waals surface area contributed by atoms with Crippen LogP contribution in [0, 0.1) is 17.2 Å². The second kappa shape index (κ2) is 9.37. The molecule has 27 heavy (non-hydrogen) atoms. The first-order valence-corrected chi connectivity index (χ1v) is 11.6. The first-order chi connectivity index (χ1) is 12.6. The van der Waals surface area contributed by atoms with Gasteiger partial charge in [-0.3, -0.25) is 0 Å². The van der Waals surface area contributed by atoms with Gasteiger partial charge in [0.25, 0.3) is 0 Å². The zero-order valence-corrected chi connectivity index (χ0v) is 17.8. The van der Waals surface area contributed by atoms with Gasteiger partial charge in [-0.15, -0.1) is 0 Å². The molecule has 1 fully saturated rings. The largest absolute Gasteiger partial charge is 0.490 e. The minimum Gasteiger partial charge on any atom is -0.490 e. The summed E-state index contributed by atoms with van der Waals surface area (Å²) in [4.78, 5) is 0. The van der Waals surface area contributed by atoms with Crippen molar-refractivity contribution >= 4 is 9.84 Å². The number of rotatable bonds is 11. The molecule has 0 radical (unpaired) electrons. The number of hydrogen-bond donors (Lipinski definition) is 0. The second-order valence-electron chi connectivity index (χ2n) is 8.93. The summed E-state index contributed by atoms with van der Waals surface area (Å²) in [7, 11) is -3.20. The van der Waals surface area contributed by atoms with E-state index < -0.39 is 15.7 Å². The number of benzene rings is 1. The average Bonchev–Trinajstić information content (AvgIpc) is 3.36. The van der Waals surface area contributed by atoms with Crippen LogP contribution < -0.4 is 4.74 Å². The molecule has 0 heterocycles. The lowest BCUT2D eigenvalue weighted by Gasteiger charge is -2.18. The SMILES string of the molecule is C[C@@H](CS(=O)(=O)CCCOCC(C)(C)C)c1ccc(F)c(OCC2CC2)c1. The van der Waals surface area contributed by atoms with Crippen LogP contribution in [-0.2, 0) is 14.6 Å². The van der Waals surface area contributed by atoms with E-state index in [9.17, 15) is 12.8 Å². The van der Waals surface area contributed by atoms with E-state index in [0.29, 0.717) is 32.2 Å². The third kappa shape index (κ3) is 8.60. The standard InChI is InChI=1S/C21H33FO4S/c1-16(14-27(23,24)11-5-10-25-15-21(2,3)4)18-8-9-19(22)20(12-18)26-13-17-6-7-17/h8-9,12,16-17H,5-7,10-11,13-15H2,1-4H3/t16-/m0/s1. The highest BCUT2D eigenvalue weighted by atomic mass is 32.2. The molecule has 0 amide bonds. The zero-order valence-electron chi connectivity index (χ0n) is 17.0. The minimum absolute atomic E-state index is 0.0416. The molecule has 154 valence electrons. The Hall–Kier alpha value is -1.14. The Labute approximate surface area is 163 Å². The first-order valence-electron chi connectivity index (χ1n) is 9.76. The molecule has 1 saturated carbocycles. The molecule has 2 rings (SSSR count). The molecule has 0 spiro atoms. The Morgan fingerprint density at radius 2 is 1.96 bits per heavy atom. The fourth-order valence-corrected chi connectivity index (χ4v) is 4.43. The Morgan fingerprint density at radius 1 is 1.26 bits per heavy atom. The molecule has 0 bridgehead atoms. The van der Waals surface area contributed by atoms with Gasteiger partial charge < -0.3 is 9.47 Å². The summed E-state index contributed by atoms with van der Waals surface area (Å²) in [5, 5.41) is 0. The summed E-state index contributed by atoms with van der Waals surface area (Å²) in [6, 6.07) is 4.65. The molecule has 0 saturated heterocycles. The maximum atomic E-state index is 13.9. The van der Waals surface area contributed by atoms with Crippen LogP contribution in [0.25, 0.3) is 0 Å². The molecule has 0 N–H and O–H groups in total. The molecule has 1 aromatic carbocycles. The van der Waals surface area contributed by atoms with E-state index in [2.05, 4.69) is 20.8 Å². The van der Waals surface area contributed by atoms with Crippen molar-refractivity contribution in [3.63, 3.8) is 0 Å². The van der Waals surface area contributed by atoms with Crippen molar-refractivity contribution in [2.45, 2.75) is 52.9 Å². The third-order valence-electron chi connectivity index (χ3n) is 4.48. The van der Waals surface area contributed by atoms with Gasteiger partial charge >= 0.3 is 0 Å². The fourth-order valence-electron chi connectivity index (χ4n) is 2.75. The van der Waals surface area contributed by atoms with Crippen LogP contribution >= 0.6 is 0 Å². The van der Waals surface area contributed by atoms with Gasteiger partial charge in [0.1, 0.15) is 0 Å². The van der Waals surface area contributed by atoms with Gasteiger partial charge in [-0.1, -0.05) is 33.8 Å². The maximum absolute atomic E-state index is 13.9. The Morgan fingerprint density at radius 3 is 2.59 bits per heavy atom. The van der Waals surface area contributed by atoms with E-state index in [4.69, 9.17) is 9.47 Å². The normalized spacial score (nSPS) is 16.3. The smallest absolute Gasteiger partial charge is 0.165 e. The van der Waals surface area contributed by atoms with E-state index >= 15 is 0 Å². The summed E-state index contributed by atoms with van der Waals surface area (Å²) in [6.45, 7) is 9.68. The zero-order chi connectivity index (χ0) is 20.1. The van der Waals surface area contributed by atoms with Crippen LogP contribution in [-0.4, -0.2) is 39.7 Å². The summed E-state index contributed by atoms with van der Waals surface area (Å²) in [5.41, 5.74) is 0.865. The van der Waals surface area contributed by atoms with Gasteiger partial charge in [0.15, 0.2) is 21.4 Å². The summed E-state index contributed by atoms with van der Waals surface area (Å²) >= 11 is 0. The van der Waals surface area contributed by atoms with Crippen LogP contribution in [0.1, 0.15) is 58.4 Å². The highest BCUT2D eigenvalue weighted by Crippen LogP contribution is 2.31. The van der Waals surface area contributed by atoms with E-state index in [1.807, 2.05) is 6.92 Å². The van der Waals surface area contributed by atoms with Gasteiger partial charge in [-0.2, -0.15) is 0 Å². The van der Waals surface area contributed by atoms with Crippen molar-refractivity contribution < 1.29 is 22.3 Å². The molecule has 1 atom stereocenters. The number of halogens is 1. The molecule has 4 nitrogen and oxygen atoms in total. The van der Waals surface area contributed by atoms with Crippen molar-refractivity contribution in [2.24, 2.45) is 11.3 Å². The predicted molar refractivity (Wildman–Crippen MR) is 107 cm³/mol. The van der Waals surface area contributed by atoms with E-state index in [1.54, 1.807) is 12.1 Å². The first kappa shape index (κ1) is 22.2. The summed E-state index contributed by atoms with van der Waals surface area (Å²) in [6.07, 6.45) is 2.76. The molecule has 1 aliphatic carbocycles. The van der Waals surface area contributed by atoms with Crippen molar-refractivity contribution in [3.05, 3.63) is 29.6 Å². The average molecular weight is 401 g/mol. The molecule has 0 unspecified atom stereocenters. The van der Waals surface area contributed by atoms with Crippen molar-refractivity contribution in [1.29, 1.82) is 0 Å². The Kier molecular flexibility index (Phi) is 7.69. The lowest BCUT2D eigenvalue weighted by Crippen LogP contribution is -2.19. The van der Waals surface area contributed by atoms with Crippen LogP contribution in [0.3, 0.4) is 0 Å². The van der Waals surface area contributed by atoms with Gasteiger partial charge in [0.2, 0.25) is 0 Å². The van der Waals surface area contributed by atoms with Gasteiger partial charge in [0.05, 0.1) is 24.7 Å². The Bertz CT molecular complexity index is 705. The molecule has 6 heteroatoms. The van der Waals surface area contributed by atoms with Gasteiger partial charge in [-0.25, -0.2) is 12.8 Å². The maximum Gasteiger partial charge on any atom is 0.165 e. The fraction of sp³-hybridized carbons (Fsp3) is 0.714. The van der Waals surface area contributed by atoms with Crippen LogP contribution in [0.4, 0.5) is 4.39 Å². The number of ether oxygens (including phenoxy) is 2. The monoisotopic (exact) mass is 400 g/mol. The molecular formula is C21H33FO4S. The lowest BCUT2D eigenvalue weighted by atomic mass is 9.99. The lowest BCUT2D eigenvalue weighted by molar-refractivity contribution is 0.0720. The molecule has 0 aromatic heterocycles. The third-order valence-corrected chi connectivity index (χ3v) is 6.40. The quantitative estimate of drug-likeness (QED) is 0.510. The predicted octanol–water partition coefficient (Wildman–Crippen LogP) is 4.59. The van der Waals surface area contributed by atoms with Crippen LogP contribution in [0.5, 0.6) is 5.75 Å². The van der Waals surface area contributed by atoms with Crippen molar-refractivity contribution in [3.8, 4) is 5.75 Å². The topological polar surface area (TPSA) is 52.6 Å². The van der Waals surface area contributed by atoms with Gasteiger partial charge in [-0.05, 0) is 54.2 Å². The van der Waals surface area contributed by atoms with E-state index in [-0.39, 0.29) is 28.6 Å². The molecule has 1 aliphatic rings. The van der Waals surface area contributed by atoms with Crippen molar-refractivity contribution in [1.82, 2.24) is 0 Å².